The van der Waals surface area contributed by atoms with Gasteiger partial charge in [-0.1, -0.05) is 68.8 Å². The first-order valence-corrected chi connectivity index (χ1v) is 13.0. The standard InChI is InChI=1S/C29H41NO6/c1-4-23(2)21-35-20-19-34-18-17-33-16-15-32-14-13-30(3)29(31)36-22-28-26-11-7-5-9-24(26)25-10-6-8-12-27(25)28/h5-12,23,28H,4,13-22H2,1-3H3. The summed E-state index contributed by atoms with van der Waals surface area (Å²) in [7, 11) is 1.72. The van der Waals surface area contributed by atoms with Crippen LogP contribution in [0.15, 0.2) is 48.5 Å². The number of benzene rings is 2. The van der Waals surface area contributed by atoms with E-state index in [-0.39, 0.29) is 12.0 Å². The molecule has 0 heterocycles. The number of hydrogen-bond acceptors (Lipinski definition) is 6. The maximum atomic E-state index is 12.5. The van der Waals surface area contributed by atoms with Crippen LogP contribution < -0.4 is 0 Å². The molecule has 0 saturated heterocycles. The first kappa shape index (κ1) is 28.1. The van der Waals surface area contributed by atoms with Gasteiger partial charge in [-0.25, -0.2) is 4.79 Å². The average Bonchev–Trinajstić information content (AvgIpc) is 3.23. The largest absolute Gasteiger partial charge is 0.448 e. The maximum absolute atomic E-state index is 12.5. The van der Waals surface area contributed by atoms with Crippen molar-refractivity contribution in [2.75, 3.05) is 73.1 Å². The monoisotopic (exact) mass is 499 g/mol. The predicted octanol–water partition coefficient (Wildman–Crippen LogP) is 4.98. The van der Waals surface area contributed by atoms with Crippen LogP contribution in [-0.2, 0) is 23.7 Å². The molecular weight excluding hydrogens is 458 g/mol. The molecule has 198 valence electrons. The number of carbonyl (C=O) groups excluding carboxylic acids is 1. The molecule has 36 heavy (non-hydrogen) atoms. The summed E-state index contributed by atoms with van der Waals surface area (Å²) in [6, 6.07) is 16.6. The quantitative estimate of drug-likeness (QED) is 0.286. The molecular formula is C29H41NO6. The Morgan fingerprint density at radius 3 is 1.86 bits per heavy atom. The van der Waals surface area contributed by atoms with Gasteiger partial charge in [0.2, 0.25) is 0 Å². The van der Waals surface area contributed by atoms with Crippen LogP contribution in [0.4, 0.5) is 4.79 Å². The van der Waals surface area contributed by atoms with Crippen molar-refractivity contribution in [3.05, 3.63) is 59.7 Å². The average molecular weight is 500 g/mol. The van der Waals surface area contributed by atoms with Crippen molar-refractivity contribution in [2.45, 2.75) is 26.2 Å². The first-order chi connectivity index (χ1) is 17.6. The van der Waals surface area contributed by atoms with Crippen molar-refractivity contribution >= 4 is 6.09 Å². The zero-order chi connectivity index (χ0) is 25.6. The van der Waals surface area contributed by atoms with E-state index in [9.17, 15) is 4.79 Å². The van der Waals surface area contributed by atoms with Gasteiger partial charge in [0.05, 0.1) is 46.2 Å². The van der Waals surface area contributed by atoms with Gasteiger partial charge in [-0.2, -0.15) is 0 Å². The van der Waals surface area contributed by atoms with Crippen molar-refractivity contribution in [2.24, 2.45) is 5.92 Å². The Morgan fingerprint density at radius 2 is 1.31 bits per heavy atom. The Balaban J connectivity index is 1.21. The van der Waals surface area contributed by atoms with Crippen LogP contribution in [0, 0.1) is 5.92 Å². The number of likely N-dealkylation sites (N-methyl/N-ethyl adjacent to an activating group) is 1. The predicted molar refractivity (Wildman–Crippen MR) is 140 cm³/mol. The Bertz CT molecular complexity index is 875. The third kappa shape index (κ3) is 8.59. The van der Waals surface area contributed by atoms with Gasteiger partial charge in [0, 0.05) is 26.1 Å². The summed E-state index contributed by atoms with van der Waals surface area (Å²) in [6.45, 7) is 9.53. The Hall–Kier alpha value is -2.45. The van der Waals surface area contributed by atoms with Gasteiger partial charge >= 0.3 is 6.09 Å². The molecule has 1 unspecified atom stereocenters. The normalized spacial score (nSPS) is 13.3. The lowest BCUT2D eigenvalue weighted by Crippen LogP contribution is -2.32. The van der Waals surface area contributed by atoms with Gasteiger partial charge in [-0.05, 0) is 28.2 Å². The van der Waals surface area contributed by atoms with Crippen LogP contribution in [0.1, 0.15) is 37.3 Å². The van der Waals surface area contributed by atoms with Gasteiger partial charge in [0.25, 0.3) is 0 Å². The summed E-state index contributed by atoms with van der Waals surface area (Å²) in [5.41, 5.74) is 4.85. The minimum absolute atomic E-state index is 0.0596. The van der Waals surface area contributed by atoms with Crippen molar-refractivity contribution in [1.82, 2.24) is 4.90 Å². The molecule has 0 bridgehead atoms. The summed E-state index contributed by atoms with van der Waals surface area (Å²) < 4.78 is 27.8. The van der Waals surface area contributed by atoms with E-state index < -0.39 is 0 Å². The Labute approximate surface area is 215 Å². The van der Waals surface area contributed by atoms with Gasteiger partial charge < -0.3 is 28.6 Å². The molecule has 2 aromatic rings. The second-order valence-corrected chi connectivity index (χ2v) is 9.15. The molecule has 1 aliphatic rings. The molecule has 2 aromatic carbocycles. The van der Waals surface area contributed by atoms with Crippen LogP contribution in [0.2, 0.25) is 0 Å². The third-order valence-electron chi connectivity index (χ3n) is 6.43. The first-order valence-electron chi connectivity index (χ1n) is 13.0. The molecule has 0 aromatic heterocycles. The Kier molecular flexibility index (Phi) is 12.2. The molecule has 7 heteroatoms. The van der Waals surface area contributed by atoms with Gasteiger partial charge in [0.15, 0.2) is 0 Å². The highest BCUT2D eigenvalue weighted by atomic mass is 16.6. The minimum Gasteiger partial charge on any atom is -0.448 e. The summed E-state index contributed by atoms with van der Waals surface area (Å²) in [4.78, 5) is 14.1. The molecule has 1 aliphatic carbocycles. The topological polar surface area (TPSA) is 66.5 Å². The second-order valence-electron chi connectivity index (χ2n) is 9.15. The molecule has 0 N–H and O–H groups in total. The van der Waals surface area contributed by atoms with E-state index in [1.165, 1.54) is 22.3 Å². The van der Waals surface area contributed by atoms with E-state index in [1.807, 2.05) is 24.3 Å². The van der Waals surface area contributed by atoms with Crippen molar-refractivity contribution in [1.29, 1.82) is 0 Å². The lowest BCUT2D eigenvalue weighted by molar-refractivity contribution is -0.00670. The van der Waals surface area contributed by atoms with Crippen molar-refractivity contribution in [3.63, 3.8) is 0 Å². The highest BCUT2D eigenvalue weighted by molar-refractivity contribution is 5.79. The zero-order valence-corrected chi connectivity index (χ0v) is 21.9. The van der Waals surface area contributed by atoms with E-state index in [1.54, 1.807) is 11.9 Å². The number of ether oxygens (including phenoxy) is 5. The maximum Gasteiger partial charge on any atom is 0.409 e. The molecule has 0 radical (unpaired) electrons. The molecule has 3 rings (SSSR count). The molecule has 0 aliphatic heterocycles. The highest BCUT2D eigenvalue weighted by Crippen LogP contribution is 2.44. The highest BCUT2D eigenvalue weighted by Gasteiger charge is 2.29. The summed E-state index contributed by atoms with van der Waals surface area (Å²) in [5, 5.41) is 0. The van der Waals surface area contributed by atoms with Crippen molar-refractivity contribution in [3.8, 4) is 11.1 Å². The van der Waals surface area contributed by atoms with E-state index >= 15 is 0 Å². The van der Waals surface area contributed by atoms with E-state index in [4.69, 9.17) is 23.7 Å². The van der Waals surface area contributed by atoms with Gasteiger partial charge in [-0.15, -0.1) is 0 Å². The van der Waals surface area contributed by atoms with Gasteiger partial charge in [-0.3, -0.25) is 0 Å². The van der Waals surface area contributed by atoms with Crippen LogP contribution in [-0.4, -0.2) is 84.0 Å². The lowest BCUT2D eigenvalue weighted by atomic mass is 9.98. The van der Waals surface area contributed by atoms with E-state index in [0.29, 0.717) is 65.3 Å². The number of fused-ring (bicyclic) bond motifs is 3. The number of carbonyl (C=O) groups is 1. The SMILES string of the molecule is CCC(C)COCCOCCOCCOCCN(C)C(=O)OCC1c2ccccc2-c2ccccc21. The van der Waals surface area contributed by atoms with Gasteiger partial charge in [0.1, 0.15) is 6.61 Å². The third-order valence-corrected chi connectivity index (χ3v) is 6.43. The fourth-order valence-corrected chi connectivity index (χ4v) is 4.06. The zero-order valence-electron chi connectivity index (χ0n) is 21.9. The molecule has 1 amide bonds. The Morgan fingerprint density at radius 1 is 0.806 bits per heavy atom. The number of nitrogens with zero attached hydrogens (tertiary/aromatic N) is 1. The lowest BCUT2D eigenvalue weighted by Gasteiger charge is -2.19. The molecule has 7 nitrogen and oxygen atoms in total. The summed E-state index contributed by atoms with van der Waals surface area (Å²) in [5.74, 6) is 0.649. The minimum atomic E-state index is -0.345. The summed E-state index contributed by atoms with van der Waals surface area (Å²) in [6.07, 6.45) is 0.782. The number of hydrogen-bond donors (Lipinski definition) is 0. The number of rotatable bonds is 17. The smallest absolute Gasteiger partial charge is 0.409 e. The fraction of sp³-hybridized carbons (Fsp3) is 0.552. The summed E-state index contributed by atoms with van der Waals surface area (Å²) >= 11 is 0. The van der Waals surface area contributed by atoms with E-state index in [2.05, 4.69) is 38.1 Å². The van der Waals surface area contributed by atoms with E-state index in [0.717, 1.165) is 13.0 Å². The van der Waals surface area contributed by atoms with Crippen LogP contribution in [0.5, 0.6) is 0 Å². The number of amides is 1. The molecule has 0 saturated carbocycles. The fourth-order valence-electron chi connectivity index (χ4n) is 4.06. The second kappa shape index (κ2) is 15.6. The van der Waals surface area contributed by atoms with Crippen LogP contribution in [0.3, 0.4) is 0 Å². The van der Waals surface area contributed by atoms with Crippen molar-refractivity contribution < 1.29 is 28.5 Å². The molecule has 0 fully saturated rings. The molecule has 0 spiro atoms. The van der Waals surface area contributed by atoms with Crippen LogP contribution in [0.25, 0.3) is 11.1 Å². The van der Waals surface area contributed by atoms with Crippen LogP contribution >= 0.6 is 0 Å². The molecule has 1 atom stereocenters.